The Kier molecular flexibility index (Phi) is 4.11. The van der Waals surface area contributed by atoms with Crippen LogP contribution in [0.4, 0.5) is 14.5 Å². The zero-order chi connectivity index (χ0) is 16.6. The second kappa shape index (κ2) is 5.93. The van der Waals surface area contributed by atoms with Gasteiger partial charge in [0.25, 0.3) is 0 Å². The quantitative estimate of drug-likeness (QED) is 0.920. The Bertz CT molecular complexity index is 601. The van der Waals surface area contributed by atoms with Gasteiger partial charge in [-0.05, 0) is 26.0 Å². The summed E-state index contributed by atoms with van der Waals surface area (Å²) >= 11 is 0. The van der Waals surface area contributed by atoms with Gasteiger partial charge in [-0.25, -0.2) is 0 Å². The number of amides is 1. The summed E-state index contributed by atoms with van der Waals surface area (Å²) < 4.78 is 40.2. The summed E-state index contributed by atoms with van der Waals surface area (Å²) in [6, 6.07) is 4.15. The Hall–Kier alpha value is -1.93. The molecule has 23 heavy (non-hydrogen) atoms. The maximum absolute atomic E-state index is 13.0. The van der Waals surface area contributed by atoms with Crippen molar-refractivity contribution in [2.24, 2.45) is 0 Å². The van der Waals surface area contributed by atoms with Crippen LogP contribution in [0.15, 0.2) is 18.2 Å². The minimum Gasteiger partial charge on any atom is -0.395 e. The Labute approximate surface area is 132 Å². The number of halogens is 2. The van der Waals surface area contributed by atoms with Gasteiger partial charge in [0, 0.05) is 24.8 Å². The Balaban J connectivity index is 1.59. The van der Waals surface area contributed by atoms with Crippen molar-refractivity contribution >= 4 is 11.6 Å². The molecule has 1 fully saturated rings. The van der Waals surface area contributed by atoms with E-state index in [1.54, 1.807) is 0 Å². The number of hydrogen-bond donors (Lipinski definition) is 1. The summed E-state index contributed by atoms with van der Waals surface area (Å²) in [6.45, 7) is 5.47. The van der Waals surface area contributed by atoms with Gasteiger partial charge in [0.05, 0.1) is 18.8 Å². The van der Waals surface area contributed by atoms with E-state index in [9.17, 15) is 13.6 Å². The maximum atomic E-state index is 13.0. The van der Waals surface area contributed by atoms with E-state index >= 15 is 0 Å². The Morgan fingerprint density at radius 2 is 1.91 bits per heavy atom. The highest BCUT2D eigenvalue weighted by Gasteiger charge is 2.43. The molecule has 1 aromatic carbocycles. The highest BCUT2D eigenvalue weighted by Crippen LogP contribution is 2.42. The maximum Gasteiger partial charge on any atom is 0.586 e. The molecule has 0 saturated carbocycles. The molecule has 3 rings (SSSR count). The molecule has 0 spiro atoms. The second-order valence-electron chi connectivity index (χ2n) is 5.83. The first kappa shape index (κ1) is 15.9. The van der Waals surface area contributed by atoms with Crippen LogP contribution in [0.5, 0.6) is 11.5 Å². The van der Waals surface area contributed by atoms with Crippen molar-refractivity contribution in [2.45, 2.75) is 32.4 Å². The largest absolute Gasteiger partial charge is 0.586 e. The summed E-state index contributed by atoms with van der Waals surface area (Å²) in [7, 11) is 0. The van der Waals surface area contributed by atoms with Gasteiger partial charge in [-0.1, -0.05) is 0 Å². The smallest absolute Gasteiger partial charge is 0.395 e. The average Bonchev–Trinajstić information content (AvgIpc) is 2.70. The van der Waals surface area contributed by atoms with Crippen molar-refractivity contribution in [3.63, 3.8) is 0 Å². The molecule has 0 bridgehead atoms. The van der Waals surface area contributed by atoms with Gasteiger partial charge >= 0.3 is 6.29 Å². The number of carbonyl (C=O) groups excluding carboxylic acids is 1. The molecule has 0 aliphatic carbocycles. The number of ether oxygens (including phenoxy) is 3. The highest BCUT2D eigenvalue weighted by molar-refractivity contribution is 5.92. The normalized spacial score (nSPS) is 26.1. The van der Waals surface area contributed by atoms with E-state index in [-0.39, 0.29) is 36.2 Å². The summed E-state index contributed by atoms with van der Waals surface area (Å²) in [4.78, 5) is 14.1. The number of morpholine rings is 1. The van der Waals surface area contributed by atoms with Gasteiger partial charge in [0.15, 0.2) is 11.5 Å². The van der Waals surface area contributed by atoms with Crippen molar-refractivity contribution in [3.8, 4) is 11.5 Å². The van der Waals surface area contributed by atoms with E-state index in [1.807, 2.05) is 18.7 Å². The topological polar surface area (TPSA) is 60.0 Å². The first-order valence-electron chi connectivity index (χ1n) is 7.38. The third kappa shape index (κ3) is 3.89. The van der Waals surface area contributed by atoms with Gasteiger partial charge in [0.2, 0.25) is 5.91 Å². The van der Waals surface area contributed by atoms with Crippen LogP contribution in [0.2, 0.25) is 0 Å². The van der Waals surface area contributed by atoms with Crippen LogP contribution in [0.3, 0.4) is 0 Å². The van der Waals surface area contributed by atoms with Crippen molar-refractivity contribution < 1.29 is 27.8 Å². The van der Waals surface area contributed by atoms with E-state index in [0.717, 1.165) is 0 Å². The van der Waals surface area contributed by atoms with Crippen molar-refractivity contribution in [1.29, 1.82) is 0 Å². The Morgan fingerprint density at radius 1 is 1.26 bits per heavy atom. The molecule has 2 aliphatic rings. The summed E-state index contributed by atoms with van der Waals surface area (Å²) in [5.74, 6) is -0.373. The lowest BCUT2D eigenvalue weighted by molar-refractivity contribution is -0.286. The fourth-order valence-electron chi connectivity index (χ4n) is 2.84. The molecule has 126 valence electrons. The number of nitrogens with one attached hydrogen (secondary N) is 1. The second-order valence-corrected chi connectivity index (χ2v) is 5.83. The van der Waals surface area contributed by atoms with Gasteiger partial charge in [-0.2, -0.15) is 0 Å². The molecular formula is C15H18F2N2O4. The molecule has 1 amide bonds. The van der Waals surface area contributed by atoms with E-state index in [1.165, 1.54) is 18.2 Å². The van der Waals surface area contributed by atoms with Crippen molar-refractivity contribution in [2.75, 3.05) is 25.0 Å². The molecule has 0 aromatic heterocycles. The summed E-state index contributed by atoms with van der Waals surface area (Å²) in [5.41, 5.74) is 0.379. The SMILES string of the molecule is C[C@H]1CN(CC(=O)Nc2ccc3c(c2)OC(F)(F)O3)C[C@H](C)O1. The molecule has 0 radical (unpaired) electrons. The fourth-order valence-corrected chi connectivity index (χ4v) is 2.84. The number of nitrogens with zero attached hydrogens (tertiary/aromatic N) is 1. The number of carbonyl (C=O) groups is 1. The van der Waals surface area contributed by atoms with Crippen LogP contribution in [0.25, 0.3) is 0 Å². The molecule has 2 heterocycles. The molecule has 1 saturated heterocycles. The number of hydrogen-bond acceptors (Lipinski definition) is 5. The monoisotopic (exact) mass is 328 g/mol. The molecule has 6 nitrogen and oxygen atoms in total. The summed E-state index contributed by atoms with van der Waals surface area (Å²) in [5, 5.41) is 2.67. The Morgan fingerprint density at radius 3 is 2.61 bits per heavy atom. The van der Waals surface area contributed by atoms with E-state index in [0.29, 0.717) is 18.8 Å². The van der Waals surface area contributed by atoms with Crippen molar-refractivity contribution in [3.05, 3.63) is 18.2 Å². The average molecular weight is 328 g/mol. The van der Waals surface area contributed by atoms with Crippen LogP contribution in [-0.4, -0.2) is 48.9 Å². The molecule has 1 aromatic rings. The van der Waals surface area contributed by atoms with Gasteiger partial charge in [0.1, 0.15) is 0 Å². The predicted molar refractivity (Wildman–Crippen MR) is 77.7 cm³/mol. The fraction of sp³-hybridized carbons (Fsp3) is 0.533. The highest BCUT2D eigenvalue weighted by atomic mass is 19.3. The lowest BCUT2D eigenvalue weighted by atomic mass is 10.2. The molecule has 0 unspecified atom stereocenters. The molecule has 2 atom stereocenters. The lowest BCUT2D eigenvalue weighted by Gasteiger charge is -2.34. The zero-order valence-electron chi connectivity index (χ0n) is 12.8. The van der Waals surface area contributed by atoms with Gasteiger partial charge in [-0.15, -0.1) is 8.78 Å². The molecular weight excluding hydrogens is 310 g/mol. The van der Waals surface area contributed by atoms with E-state index in [2.05, 4.69) is 14.8 Å². The molecule has 1 N–H and O–H groups in total. The first-order valence-corrected chi connectivity index (χ1v) is 7.38. The number of rotatable bonds is 3. The minimum atomic E-state index is -3.66. The van der Waals surface area contributed by atoms with Crippen LogP contribution >= 0.6 is 0 Å². The number of fused-ring (bicyclic) bond motifs is 1. The van der Waals surface area contributed by atoms with Crippen LogP contribution < -0.4 is 14.8 Å². The van der Waals surface area contributed by atoms with Crippen LogP contribution in [-0.2, 0) is 9.53 Å². The van der Waals surface area contributed by atoms with E-state index < -0.39 is 6.29 Å². The first-order chi connectivity index (χ1) is 10.8. The zero-order valence-corrected chi connectivity index (χ0v) is 12.8. The molecule has 8 heteroatoms. The number of benzene rings is 1. The minimum absolute atomic E-state index is 0.0520. The van der Waals surface area contributed by atoms with E-state index in [4.69, 9.17) is 4.74 Å². The predicted octanol–water partition coefficient (Wildman–Crippen LogP) is 2.06. The van der Waals surface area contributed by atoms with Crippen molar-refractivity contribution in [1.82, 2.24) is 4.90 Å². The lowest BCUT2D eigenvalue weighted by Crippen LogP contribution is -2.48. The molecule has 2 aliphatic heterocycles. The van der Waals surface area contributed by atoms with Crippen LogP contribution in [0.1, 0.15) is 13.8 Å². The number of alkyl halides is 2. The number of anilines is 1. The van der Waals surface area contributed by atoms with Gasteiger partial charge < -0.3 is 19.5 Å². The third-order valence-corrected chi connectivity index (χ3v) is 3.55. The van der Waals surface area contributed by atoms with Gasteiger partial charge in [-0.3, -0.25) is 9.69 Å². The summed E-state index contributed by atoms with van der Waals surface area (Å²) in [6.07, 6.45) is -3.52. The van der Waals surface area contributed by atoms with Crippen LogP contribution in [0, 0.1) is 0 Å². The standard InChI is InChI=1S/C15H18F2N2O4/c1-9-6-19(7-10(2)21-9)8-14(20)18-11-3-4-12-13(5-11)23-15(16,17)22-12/h3-5,9-10H,6-8H2,1-2H3,(H,18,20)/t9-,10-/m0/s1. The third-order valence-electron chi connectivity index (χ3n) is 3.55.